The molecule has 0 aliphatic carbocycles. The van der Waals surface area contributed by atoms with Crippen LogP contribution in [0.5, 0.6) is 0 Å². The highest BCUT2D eigenvalue weighted by Gasteiger charge is 2.10. The molecule has 0 saturated carbocycles. The first-order valence-electron chi connectivity index (χ1n) is 21.7. The molecule has 352 valence electrons. The van der Waals surface area contributed by atoms with E-state index in [1.165, 1.54) is 36.5 Å². The number of carbonyl (C=O) groups is 10. The molecule has 62 heavy (non-hydrogen) atoms. The van der Waals surface area contributed by atoms with Crippen molar-refractivity contribution >= 4 is 57.8 Å². The molecule has 0 radical (unpaired) electrons. The second-order valence-electron chi connectivity index (χ2n) is 16.3. The van der Waals surface area contributed by atoms with Gasteiger partial charge in [-0.1, -0.05) is 122 Å². The Morgan fingerprint density at radius 3 is 0.645 bits per heavy atom. The van der Waals surface area contributed by atoms with E-state index in [1.54, 1.807) is 26.0 Å². The van der Waals surface area contributed by atoms with Crippen LogP contribution < -0.4 is 0 Å². The summed E-state index contributed by atoms with van der Waals surface area (Å²) in [5.74, 6) is 1.91. The Kier molecular flexibility index (Phi) is 50.7. The maximum Gasteiger partial charge on any atom is 0.155 e. The van der Waals surface area contributed by atoms with Gasteiger partial charge in [-0.2, -0.15) is 0 Å². The highest BCUT2D eigenvalue weighted by atomic mass is 16.2. The number of hydrogen-bond donors (Lipinski definition) is 0. The van der Waals surface area contributed by atoms with Crippen molar-refractivity contribution in [1.82, 2.24) is 0 Å². The van der Waals surface area contributed by atoms with Crippen molar-refractivity contribution in [2.24, 2.45) is 35.5 Å². The number of allylic oxidation sites excluding steroid dienone is 8. The van der Waals surface area contributed by atoms with E-state index in [1.807, 2.05) is 83.1 Å². The Labute approximate surface area is 376 Å². The standard InChI is InChI=1S/2C10H16O2.2C9H14O2.2C7H12O/c2*1-4-5-9(11)6-7-10(12)8(2)3;2*1-4-8(10)5-6-9(11)7(2)3;2*1-4-7(8)5-6(2)3/h2*4-5,8H,6-7H2,1-3H3;2*4,7H,1,5-6H2,2-3H3;2*4,6H,1,5H2,2-3H3/b2*5-4+;;;;. The van der Waals surface area contributed by atoms with E-state index in [-0.39, 0.29) is 81.5 Å². The fraction of sp³-hybridized carbons (Fsp3) is 0.577. The molecule has 0 aliphatic rings. The van der Waals surface area contributed by atoms with E-state index < -0.39 is 0 Å². The van der Waals surface area contributed by atoms with Gasteiger partial charge in [-0.15, -0.1) is 0 Å². The maximum atomic E-state index is 11.1. The zero-order valence-electron chi connectivity index (χ0n) is 41.1. The van der Waals surface area contributed by atoms with Crippen LogP contribution in [0.1, 0.15) is 161 Å². The second-order valence-corrected chi connectivity index (χ2v) is 16.3. The van der Waals surface area contributed by atoms with Gasteiger partial charge in [-0.25, -0.2) is 0 Å². The van der Waals surface area contributed by atoms with Gasteiger partial charge in [-0.05, 0) is 62.1 Å². The zero-order valence-corrected chi connectivity index (χ0v) is 41.1. The summed E-state index contributed by atoms with van der Waals surface area (Å²) in [5.41, 5.74) is 0. The minimum absolute atomic E-state index is 0.0338. The third-order valence-corrected chi connectivity index (χ3v) is 7.88. The van der Waals surface area contributed by atoms with Crippen LogP contribution in [0.2, 0.25) is 0 Å². The van der Waals surface area contributed by atoms with Crippen molar-refractivity contribution in [2.45, 2.75) is 161 Å². The first kappa shape index (κ1) is 68.9. The first-order valence-corrected chi connectivity index (χ1v) is 21.7. The van der Waals surface area contributed by atoms with Crippen molar-refractivity contribution < 1.29 is 47.9 Å². The Balaban J connectivity index is -0.000000153. The molecule has 0 rings (SSSR count). The Bertz CT molecular complexity index is 1350. The van der Waals surface area contributed by atoms with Crippen molar-refractivity contribution in [2.75, 3.05) is 0 Å². The Morgan fingerprint density at radius 1 is 0.323 bits per heavy atom. The SMILES string of the molecule is C/C=C/C(=O)CCC(=O)C(C)C.C/C=C/C(=O)CCC(=O)C(C)C.C=CC(=O)CC(C)C.C=CC(=O)CC(C)C.C=CC(=O)CCC(=O)C(C)C.C=CC(=O)CCC(=O)C(C)C. The number of rotatable bonds is 26. The summed E-state index contributed by atoms with van der Waals surface area (Å²) in [4.78, 5) is 108. The van der Waals surface area contributed by atoms with E-state index in [4.69, 9.17) is 0 Å². The van der Waals surface area contributed by atoms with Gasteiger partial charge >= 0.3 is 0 Å². The smallest absolute Gasteiger partial charge is 0.155 e. The molecule has 10 heteroatoms. The summed E-state index contributed by atoms with van der Waals surface area (Å²) in [6, 6.07) is 0. The number of Topliss-reactive ketones (excluding diaryl/α,β-unsaturated/α-hetero) is 4. The average molecular weight is 869 g/mol. The number of carbonyl (C=O) groups excluding carboxylic acids is 10. The number of hydrogen-bond acceptors (Lipinski definition) is 10. The molecule has 0 aromatic rings. The number of ketones is 10. The highest BCUT2D eigenvalue weighted by molar-refractivity contribution is 5.95. The van der Waals surface area contributed by atoms with Crippen LogP contribution in [0, 0.1) is 35.5 Å². The Hall–Kier alpha value is -4.86. The van der Waals surface area contributed by atoms with Crippen molar-refractivity contribution in [1.29, 1.82) is 0 Å². The van der Waals surface area contributed by atoms with Crippen LogP contribution in [0.15, 0.2) is 74.9 Å². The molecule has 0 saturated heterocycles. The minimum atomic E-state index is -0.0565. The van der Waals surface area contributed by atoms with E-state index in [0.29, 0.717) is 76.0 Å². The lowest BCUT2D eigenvalue weighted by Gasteiger charge is -2.00. The molecule has 0 aliphatic heterocycles. The van der Waals surface area contributed by atoms with Gasteiger partial charge in [0.25, 0.3) is 0 Å². The monoisotopic (exact) mass is 869 g/mol. The third kappa shape index (κ3) is 57.2. The Morgan fingerprint density at radius 2 is 0.516 bits per heavy atom. The van der Waals surface area contributed by atoms with E-state index >= 15 is 0 Å². The fourth-order valence-corrected chi connectivity index (χ4v) is 3.85. The molecule has 0 unspecified atom stereocenters. The van der Waals surface area contributed by atoms with Crippen LogP contribution in [-0.2, 0) is 47.9 Å². The molecule has 0 aromatic heterocycles. The molecule has 0 atom stereocenters. The van der Waals surface area contributed by atoms with E-state index in [0.717, 1.165) is 0 Å². The molecule has 0 aromatic carbocycles. The predicted octanol–water partition coefficient (Wildman–Crippen LogP) is 11.3. The predicted molar refractivity (Wildman–Crippen MR) is 256 cm³/mol. The topological polar surface area (TPSA) is 171 Å². The molecule has 0 heterocycles. The molecular formula is C52H84O10. The van der Waals surface area contributed by atoms with Crippen LogP contribution >= 0.6 is 0 Å². The third-order valence-electron chi connectivity index (χ3n) is 7.88. The maximum absolute atomic E-state index is 11.1. The van der Waals surface area contributed by atoms with Gasteiger partial charge in [0.2, 0.25) is 0 Å². The molecule has 0 fully saturated rings. The molecule has 0 amide bonds. The van der Waals surface area contributed by atoms with Gasteiger partial charge in [0.05, 0.1) is 0 Å². The van der Waals surface area contributed by atoms with Crippen molar-refractivity contribution in [3.8, 4) is 0 Å². The summed E-state index contributed by atoms with van der Waals surface area (Å²) >= 11 is 0. The van der Waals surface area contributed by atoms with Crippen molar-refractivity contribution in [3.05, 3.63) is 74.9 Å². The molecular weight excluding hydrogens is 785 g/mol. The average Bonchev–Trinajstić information content (AvgIpc) is 3.20. The van der Waals surface area contributed by atoms with Gasteiger partial charge in [0.15, 0.2) is 34.7 Å². The van der Waals surface area contributed by atoms with Gasteiger partial charge < -0.3 is 0 Å². The lowest BCUT2D eigenvalue weighted by Crippen LogP contribution is -2.08. The van der Waals surface area contributed by atoms with Gasteiger partial charge in [-0.3, -0.25) is 47.9 Å². The largest absolute Gasteiger partial charge is 0.299 e. The van der Waals surface area contributed by atoms with Crippen LogP contribution in [0.25, 0.3) is 0 Å². The molecule has 0 spiro atoms. The zero-order chi connectivity index (χ0) is 50.0. The van der Waals surface area contributed by atoms with E-state index in [9.17, 15) is 47.9 Å². The van der Waals surface area contributed by atoms with Crippen LogP contribution in [0.4, 0.5) is 0 Å². The summed E-state index contributed by atoms with van der Waals surface area (Å²) in [5, 5.41) is 0. The van der Waals surface area contributed by atoms with Gasteiger partial charge in [0.1, 0.15) is 23.1 Å². The summed E-state index contributed by atoms with van der Waals surface area (Å²) in [7, 11) is 0. The quantitative estimate of drug-likeness (QED) is 0.0762. The first-order chi connectivity index (χ1) is 28.6. The summed E-state index contributed by atoms with van der Waals surface area (Å²) in [6.07, 6.45) is 15.7. The fourth-order valence-electron chi connectivity index (χ4n) is 3.85. The lowest BCUT2D eigenvalue weighted by molar-refractivity contribution is -0.124. The minimum Gasteiger partial charge on any atom is -0.299 e. The molecule has 10 nitrogen and oxygen atoms in total. The van der Waals surface area contributed by atoms with Crippen molar-refractivity contribution in [3.63, 3.8) is 0 Å². The van der Waals surface area contributed by atoms with Gasteiger partial charge in [0, 0.05) is 87.9 Å². The summed E-state index contributed by atoms with van der Waals surface area (Å²) in [6.45, 7) is 39.8. The molecule has 0 N–H and O–H groups in total. The second kappa shape index (κ2) is 45.7. The highest BCUT2D eigenvalue weighted by Crippen LogP contribution is 2.05. The van der Waals surface area contributed by atoms with Crippen LogP contribution in [-0.4, -0.2) is 57.8 Å². The summed E-state index contributed by atoms with van der Waals surface area (Å²) < 4.78 is 0. The normalized spacial score (nSPS) is 10.1. The lowest BCUT2D eigenvalue weighted by atomic mass is 10.0. The van der Waals surface area contributed by atoms with Crippen LogP contribution in [0.3, 0.4) is 0 Å². The van der Waals surface area contributed by atoms with E-state index in [2.05, 4.69) is 26.3 Å². The molecule has 0 bridgehead atoms.